The summed E-state index contributed by atoms with van der Waals surface area (Å²) >= 11 is 0. The van der Waals surface area contributed by atoms with Crippen LogP contribution in [0.1, 0.15) is 17.0 Å². The molecular formula is C28H29F2N5OS. The Balaban J connectivity index is 0.00000320. The zero-order chi connectivity index (χ0) is 25.2. The Kier molecular flexibility index (Phi) is 7.94. The second-order valence-electron chi connectivity index (χ2n) is 9.07. The van der Waals surface area contributed by atoms with Crippen molar-refractivity contribution in [3.63, 3.8) is 0 Å². The average molecular weight is 522 g/mol. The number of benzene rings is 3. The van der Waals surface area contributed by atoms with E-state index in [0.29, 0.717) is 49.1 Å². The fraction of sp³-hybridized carbons (Fsp3) is 0.214. The summed E-state index contributed by atoms with van der Waals surface area (Å²) in [5.74, 6) is 0.613. The standard InChI is InChI=1S/C28H27F2N5O.H2S/c1-18-2-4-19(5-3-18)16-24(31)28(36)34-14-15-35-25(17-34)33-26(20-6-8-21(29)9-7-20)27(35)32-23-12-10-22(30)11-13-23;/h2-13,24,32H,14-17,31H2,1H3;1H2/t24-;/m0./s1. The molecule has 3 N–H and O–H groups in total. The van der Waals surface area contributed by atoms with Crippen molar-refractivity contribution in [1.29, 1.82) is 0 Å². The second kappa shape index (κ2) is 11.1. The van der Waals surface area contributed by atoms with E-state index >= 15 is 0 Å². The summed E-state index contributed by atoms with van der Waals surface area (Å²) in [6, 6.07) is 19.5. The van der Waals surface area contributed by atoms with Crippen LogP contribution in [0.3, 0.4) is 0 Å². The Morgan fingerprint density at radius 1 is 0.973 bits per heavy atom. The first-order chi connectivity index (χ1) is 17.4. The van der Waals surface area contributed by atoms with Crippen molar-refractivity contribution in [1.82, 2.24) is 14.5 Å². The van der Waals surface area contributed by atoms with Gasteiger partial charge in [0.25, 0.3) is 0 Å². The molecule has 1 aliphatic heterocycles. The fourth-order valence-electron chi connectivity index (χ4n) is 4.42. The molecule has 9 heteroatoms. The van der Waals surface area contributed by atoms with Crippen LogP contribution in [0.5, 0.6) is 0 Å². The molecule has 4 aromatic rings. The number of carbonyl (C=O) groups is 1. The van der Waals surface area contributed by atoms with Gasteiger partial charge >= 0.3 is 0 Å². The van der Waals surface area contributed by atoms with E-state index in [1.165, 1.54) is 24.3 Å². The molecule has 1 aliphatic rings. The highest BCUT2D eigenvalue weighted by Crippen LogP contribution is 2.33. The summed E-state index contributed by atoms with van der Waals surface area (Å²) in [6.07, 6.45) is 0.461. The molecule has 5 rings (SSSR count). The second-order valence-corrected chi connectivity index (χ2v) is 9.07. The lowest BCUT2D eigenvalue weighted by atomic mass is 10.0. The lowest BCUT2D eigenvalue weighted by molar-refractivity contribution is -0.134. The summed E-state index contributed by atoms with van der Waals surface area (Å²) in [5.41, 5.74) is 10.5. The topological polar surface area (TPSA) is 76.2 Å². The van der Waals surface area contributed by atoms with Crippen LogP contribution < -0.4 is 11.1 Å². The molecule has 3 aromatic carbocycles. The van der Waals surface area contributed by atoms with Crippen molar-refractivity contribution in [2.75, 3.05) is 11.9 Å². The molecule has 0 fully saturated rings. The van der Waals surface area contributed by atoms with Gasteiger partial charge in [0.15, 0.2) is 0 Å². The van der Waals surface area contributed by atoms with E-state index in [2.05, 4.69) is 5.32 Å². The van der Waals surface area contributed by atoms with Crippen LogP contribution >= 0.6 is 13.5 Å². The SMILES string of the molecule is Cc1ccc(C[C@H](N)C(=O)N2CCn3c(nc(-c4ccc(F)cc4)c3Nc3ccc(F)cc3)C2)cc1.S. The number of nitrogens with two attached hydrogens (primary N) is 1. The maximum Gasteiger partial charge on any atom is 0.240 e. The fourth-order valence-corrected chi connectivity index (χ4v) is 4.42. The lowest BCUT2D eigenvalue weighted by Crippen LogP contribution is -2.47. The number of fused-ring (bicyclic) bond motifs is 1. The number of carbonyl (C=O) groups excluding carboxylic acids is 1. The normalized spacial score (nSPS) is 13.5. The lowest BCUT2D eigenvalue weighted by Gasteiger charge is -2.30. The van der Waals surface area contributed by atoms with Gasteiger partial charge in [0.2, 0.25) is 5.91 Å². The van der Waals surface area contributed by atoms with Crippen molar-refractivity contribution >= 4 is 30.9 Å². The minimum Gasteiger partial charge on any atom is -0.340 e. The highest BCUT2D eigenvalue weighted by Gasteiger charge is 2.29. The molecule has 2 heterocycles. The number of nitrogens with zero attached hydrogens (tertiary/aromatic N) is 3. The maximum absolute atomic E-state index is 13.6. The highest BCUT2D eigenvalue weighted by molar-refractivity contribution is 7.59. The molecule has 0 saturated heterocycles. The third-order valence-electron chi connectivity index (χ3n) is 6.40. The Hall–Kier alpha value is -3.69. The summed E-state index contributed by atoms with van der Waals surface area (Å²) < 4.78 is 29.0. The third-order valence-corrected chi connectivity index (χ3v) is 6.40. The maximum atomic E-state index is 13.6. The monoisotopic (exact) mass is 521 g/mol. The van der Waals surface area contributed by atoms with Gasteiger partial charge in [-0.15, -0.1) is 0 Å². The smallest absolute Gasteiger partial charge is 0.240 e. The molecular weight excluding hydrogens is 492 g/mol. The number of aromatic nitrogens is 2. The Bertz CT molecular complexity index is 1370. The van der Waals surface area contributed by atoms with Gasteiger partial charge in [-0.05, 0) is 67.4 Å². The van der Waals surface area contributed by atoms with E-state index in [4.69, 9.17) is 10.7 Å². The first-order valence-corrected chi connectivity index (χ1v) is 11.9. The van der Waals surface area contributed by atoms with Crippen molar-refractivity contribution < 1.29 is 13.6 Å². The van der Waals surface area contributed by atoms with E-state index in [0.717, 1.165) is 16.7 Å². The van der Waals surface area contributed by atoms with Crippen molar-refractivity contribution in [3.8, 4) is 11.3 Å². The number of hydrogen-bond donors (Lipinski definition) is 2. The molecule has 1 atom stereocenters. The van der Waals surface area contributed by atoms with E-state index in [1.807, 2.05) is 35.8 Å². The first-order valence-electron chi connectivity index (χ1n) is 11.9. The number of imidazole rings is 1. The zero-order valence-corrected chi connectivity index (χ0v) is 21.4. The molecule has 0 bridgehead atoms. The highest BCUT2D eigenvalue weighted by atomic mass is 32.1. The molecule has 0 spiro atoms. The van der Waals surface area contributed by atoms with Gasteiger partial charge in [0, 0.05) is 24.3 Å². The quantitative estimate of drug-likeness (QED) is 0.378. The van der Waals surface area contributed by atoms with Crippen LogP contribution in [-0.4, -0.2) is 32.9 Å². The van der Waals surface area contributed by atoms with Gasteiger partial charge in [-0.3, -0.25) is 4.79 Å². The average Bonchev–Trinajstić information content (AvgIpc) is 3.24. The van der Waals surface area contributed by atoms with E-state index in [1.54, 1.807) is 29.2 Å². The number of halogens is 2. The van der Waals surface area contributed by atoms with Crippen LogP contribution in [-0.2, 0) is 24.3 Å². The number of rotatable bonds is 6. The molecule has 192 valence electrons. The summed E-state index contributed by atoms with van der Waals surface area (Å²) in [7, 11) is 0. The number of hydrogen-bond acceptors (Lipinski definition) is 4. The van der Waals surface area contributed by atoms with Gasteiger partial charge in [-0.2, -0.15) is 13.5 Å². The largest absolute Gasteiger partial charge is 0.340 e. The number of nitrogens with one attached hydrogen (secondary N) is 1. The first kappa shape index (κ1) is 26.4. The van der Waals surface area contributed by atoms with Crippen LogP contribution in [0.4, 0.5) is 20.3 Å². The molecule has 0 radical (unpaired) electrons. The summed E-state index contributed by atoms with van der Waals surface area (Å²) in [6.45, 7) is 3.31. The van der Waals surface area contributed by atoms with Gasteiger partial charge in [-0.1, -0.05) is 29.8 Å². The summed E-state index contributed by atoms with van der Waals surface area (Å²) in [5, 5.41) is 3.34. The van der Waals surface area contributed by atoms with Gasteiger partial charge in [0.1, 0.15) is 29.0 Å². The minimum atomic E-state index is -0.650. The zero-order valence-electron chi connectivity index (χ0n) is 20.4. The molecule has 0 unspecified atom stereocenters. The number of aryl methyl sites for hydroxylation is 1. The third kappa shape index (κ3) is 5.84. The number of amides is 1. The van der Waals surface area contributed by atoms with Crippen LogP contribution in [0.25, 0.3) is 11.3 Å². The van der Waals surface area contributed by atoms with Crippen LogP contribution in [0.15, 0.2) is 72.8 Å². The molecule has 0 aliphatic carbocycles. The predicted molar refractivity (Wildman–Crippen MR) is 146 cm³/mol. The van der Waals surface area contributed by atoms with E-state index in [9.17, 15) is 13.6 Å². The Labute approximate surface area is 221 Å². The van der Waals surface area contributed by atoms with Crippen LogP contribution in [0.2, 0.25) is 0 Å². The van der Waals surface area contributed by atoms with Crippen molar-refractivity contribution in [3.05, 3.63) is 101 Å². The molecule has 0 saturated carbocycles. The Morgan fingerprint density at radius 3 is 2.24 bits per heavy atom. The molecule has 37 heavy (non-hydrogen) atoms. The van der Waals surface area contributed by atoms with Gasteiger partial charge in [-0.25, -0.2) is 13.8 Å². The van der Waals surface area contributed by atoms with Gasteiger partial charge < -0.3 is 20.5 Å². The molecule has 6 nitrogen and oxygen atoms in total. The summed E-state index contributed by atoms with van der Waals surface area (Å²) in [4.78, 5) is 19.7. The number of anilines is 2. The molecule has 1 aromatic heterocycles. The van der Waals surface area contributed by atoms with E-state index in [-0.39, 0.29) is 31.0 Å². The van der Waals surface area contributed by atoms with E-state index < -0.39 is 6.04 Å². The molecule has 1 amide bonds. The van der Waals surface area contributed by atoms with Crippen molar-refractivity contribution in [2.45, 2.75) is 32.5 Å². The minimum absolute atomic E-state index is 0. The Morgan fingerprint density at radius 2 is 1.59 bits per heavy atom. The predicted octanol–water partition coefficient (Wildman–Crippen LogP) is 4.91. The van der Waals surface area contributed by atoms with Crippen LogP contribution in [0, 0.1) is 18.6 Å². The van der Waals surface area contributed by atoms with Gasteiger partial charge in [0.05, 0.1) is 12.6 Å². The van der Waals surface area contributed by atoms with Crippen molar-refractivity contribution in [2.24, 2.45) is 5.73 Å².